The molecular formula is C23H24F2. The summed E-state index contributed by atoms with van der Waals surface area (Å²) in [6.45, 7) is 2.22. The summed E-state index contributed by atoms with van der Waals surface area (Å²) >= 11 is 0. The Labute approximate surface area is 149 Å². The van der Waals surface area contributed by atoms with Gasteiger partial charge in [-0.1, -0.05) is 50.5 Å². The minimum Gasteiger partial charge on any atom is -0.207 e. The lowest BCUT2D eigenvalue weighted by atomic mass is 9.80. The lowest BCUT2D eigenvalue weighted by molar-refractivity contribution is 0.401. The Kier molecular flexibility index (Phi) is 5.87. The van der Waals surface area contributed by atoms with E-state index in [2.05, 4.69) is 18.8 Å². The molecule has 0 N–H and O–H groups in total. The number of unbranched alkanes of at least 4 members (excludes halogenated alkanes) is 2. The van der Waals surface area contributed by atoms with Gasteiger partial charge in [-0.2, -0.15) is 0 Å². The molecule has 0 saturated heterocycles. The summed E-state index contributed by atoms with van der Waals surface area (Å²) in [5.41, 5.74) is 3.12. The van der Waals surface area contributed by atoms with Crippen LogP contribution >= 0.6 is 0 Å². The van der Waals surface area contributed by atoms with Crippen LogP contribution in [0.1, 0.15) is 61.3 Å². The SMILES string of the molecule is CCCCCC1CCc2c(ccc(C#Cc3ccc(F)cc3)c2F)C1. The first-order valence-corrected chi connectivity index (χ1v) is 9.25. The molecule has 1 aliphatic carbocycles. The van der Waals surface area contributed by atoms with Crippen molar-refractivity contribution in [3.63, 3.8) is 0 Å². The van der Waals surface area contributed by atoms with Gasteiger partial charge >= 0.3 is 0 Å². The molecule has 0 spiro atoms. The number of halogens is 2. The van der Waals surface area contributed by atoms with E-state index in [1.165, 1.54) is 37.8 Å². The van der Waals surface area contributed by atoms with Crippen LogP contribution < -0.4 is 0 Å². The van der Waals surface area contributed by atoms with Crippen LogP contribution in [0.2, 0.25) is 0 Å². The Morgan fingerprint density at radius 3 is 2.56 bits per heavy atom. The molecule has 1 unspecified atom stereocenters. The summed E-state index contributed by atoms with van der Waals surface area (Å²) in [5, 5.41) is 0. The zero-order valence-corrected chi connectivity index (χ0v) is 14.7. The lowest BCUT2D eigenvalue weighted by Gasteiger charge is -2.25. The zero-order valence-electron chi connectivity index (χ0n) is 14.7. The smallest absolute Gasteiger partial charge is 0.142 e. The first kappa shape index (κ1) is 17.7. The van der Waals surface area contributed by atoms with Crippen molar-refractivity contribution in [3.8, 4) is 11.8 Å². The van der Waals surface area contributed by atoms with Crippen molar-refractivity contribution in [2.45, 2.75) is 51.9 Å². The van der Waals surface area contributed by atoms with Crippen LogP contribution in [0.25, 0.3) is 0 Å². The van der Waals surface area contributed by atoms with Gasteiger partial charge in [0.05, 0.1) is 5.56 Å². The molecule has 2 aromatic carbocycles. The highest BCUT2D eigenvalue weighted by molar-refractivity contribution is 5.47. The number of hydrogen-bond acceptors (Lipinski definition) is 0. The summed E-state index contributed by atoms with van der Waals surface area (Å²) in [6, 6.07) is 9.79. The van der Waals surface area contributed by atoms with Crippen molar-refractivity contribution in [3.05, 3.63) is 70.3 Å². The van der Waals surface area contributed by atoms with E-state index in [4.69, 9.17) is 0 Å². The summed E-state index contributed by atoms with van der Waals surface area (Å²) in [4.78, 5) is 0. The molecule has 0 nitrogen and oxygen atoms in total. The molecule has 0 bridgehead atoms. The van der Waals surface area contributed by atoms with Crippen LogP contribution in [0.4, 0.5) is 8.78 Å². The minimum absolute atomic E-state index is 0.167. The number of hydrogen-bond donors (Lipinski definition) is 0. The van der Waals surface area contributed by atoms with Gasteiger partial charge in [-0.05, 0) is 66.6 Å². The largest absolute Gasteiger partial charge is 0.207 e. The number of fused-ring (bicyclic) bond motifs is 1. The highest BCUT2D eigenvalue weighted by atomic mass is 19.1. The molecule has 0 radical (unpaired) electrons. The second-order valence-corrected chi connectivity index (χ2v) is 6.93. The molecular weight excluding hydrogens is 314 g/mol. The van der Waals surface area contributed by atoms with Gasteiger partial charge in [0.1, 0.15) is 11.6 Å². The fraction of sp³-hybridized carbons (Fsp3) is 0.391. The van der Waals surface area contributed by atoms with Crippen LogP contribution in [0.5, 0.6) is 0 Å². The van der Waals surface area contributed by atoms with Crippen LogP contribution in [-0.4, -0.2) is 0 Å². The maximum absolute atomic E-state index is 14.8. The van der Waals surface area contributed by atoms with Crippen LogP contribution in [0.15, 0.2) is 36.4 Å². The summed E-state index contributed by atoms with van der Waals surface area (Å²) in [7, 11) is 0. The van der Waals surface area contributed by atoms with E-state index < -0.39 is 0 Å². The summed E-state index contributed by atoms with van der Waals surface area (Å²) in [6.07, 6.45) is 7.93. The maximum atomic E-state index is 14.8. The van der Waals surface area contributed by atoms with Gasteiger partial charge < -0.3 is 0 Å². The minimum atomic E-state index is -0.293. The Hall–Kier alpha value is -2.14. The van der Waals surface area contributed by atoms with Crippen molar-refractivity contribution < 1.29 is 8.78 Å². The van der Waals surface area contributed by atoms with Crippen LogP contribution in [0, 0.1) is 29.4 Å². The predicted molar refractivity (Wildman–Crippen MR) is 98.4 cm³/mol. The van der Waals surface area contributed by atoms with Crippen molar-refractivity contribution in [2.24, 2.45) is 5.92 Å². The molecule has 0 aromatic heterocycles. The zero-order chi connectivity index (χ0) is 17.6. The quantitative estimate of drug-likeness (QED) is 0.470. The van der Waals surface area contributed by atoms with E-state index in [-0.39, 0.29) is 11.6 Å². The summed E-state index contributed by atoms with van der Waals surface area (Å²) < 4.78 is 27.7. The topological polar surface area (TPSA) is 0 Å². The third kappa shape index (κ3) is 4.48. The van der Waals surface area contributed by atoms with Crippen molar-refractivity contribution in [1.82, 2.24) is 0 Å². The second kappa shape index (κ2) is 8.30. The lowest BCUT2D eigenvalue weighted by Crippen LogP contribution is -2.16. The molecule has 0 fully saturated rings. The molecule has 0 heterocycles. The molecule has 2 heteroatoms. The third-order valence-electron chi connectivity index (χ3n) is 5.05. The van der Waals surface area contributed by atoms with Gasteiger partial charge in [-0.3, -0.25) is 0 Å². The molecule has 1 aliphatic rings. The Balaban J connectivity index is 1.74. The molecule has 1 atom stereocenters. The predicted octanol–water partition coefficient (Wildman–Crippen LogP) is 6.05. The van der Waals surface area contributed by atoms with Gasteiger partial charge in [-0.15, -0.1) is 0 Å². The fourth-order valence-electron chi connectivity index (χ4n) is 3.58. The second-order valence-electron chi connectivity index (χ2n) is 6.93. The van der Waals surface area contributed by atoms with E-state index in [1.807, 2.05) is 6.07 Å². The first-order valence-electron chi connectivity index (χ1n) is 9.25. The number of rotatable bonds is 4. The Morgan fingerprint density at radius 2 is 1.80 bits per heavy atom. The third-order valence-corrected chi connectivity index (χ3v) is 5.05. The van der Waals surface area contributed by atoms with Crippen LogP contribution in [0.3, 0.4) is 0 Å². The summed E-state index contributed by atoms with van der Waals surface area (Å²) in [5.74, 6) is 6.06. The van der Waals surface area contributed by atoms with E-state index in [0.29, 0.717) is 17.0 Å². The highest BCUT2D eigenvalue weighted by Gasteiger charge is 2.22. The fourth-order valence-corrected chi connectivity index (χ4v) is 3.58. The van der Waals surface area contributed by atoms with Crippen molar-refractivity contribution in [2.75, 3.05) is 0 Å². The average molecular weight is 338 g/mol. The van der Waals surface area contributed by atoms with E-state index in [9.17, 15) is 8.78 Å². The Bertz CT molecular complexity index is 778. The molecule has 130 valence electrons. The molecule has 25 heavy (non-hydrogen) atoms. The Morgan fingerprint density at radius 1 is 1.00 bits per heavy atom. The molecule has 0 amide bonds. The monoisotopic (exact) mass is 338 g/mol. The van der Waals surface area contributed by atoms with E-state index in [0.717, 1.165) is 30.4 Å². The van der Waals surface area contributed by atoms with Crippen LogP contribution in [-0.2, 0) is 12.8 Å². The molecule has 3 rings (SSSR count). The molecule has 2 aromatic rings. The van der Waals surface area contributed by atoms with Gasteiger partial charge in [0.25, 0.3) is 0 Å². The normalized spacial score (nSPS) is 16.0. The maximum Gasteiger partial charge on any atom is 0.142 e. The standard InChI is InChI=1S/C23H24F2/c1-2-3-4-5-18-9-15-22-20(16-18)12-11-19(23(22)25)10-6-17-7-13-21(24)14-8-17/h7-8,11-14,18H,2-5,9,15-16H2,1H3. The first-order chi connectivity index (χ1) is 12.2. The van der Waals surface area contributed by atoms with Gasteiger partial charge in [0.15, 0.2) is 0 Å². The van der Waals surface area contributed by atoms with Crippen molar-refractivity contribution in [1.29, 1.82) is 0 Å². The van der Waals surface area contributed by atoms with Gasteiger partial charge in [0.2, 0.25) is 0 Å². The van der Waals surface area contributed by atoms with E-state index in [1.54, 1.807) is 18.2 Å². The van der Waals surface area contributed by atoms with Gasteiger partial charge in [0, 0.05) is 5.56 Å². The van der Waals surface area contributed by atoms with Gasteiger partial charge in [-0.25, -0.2) is 8.78 Å². The average Bonchev–Trinajstić information content (AvgIpc) is 2.63. The molecule has 0 aliphatic heterocycles. The van der Waals surface area contributed by atoms with Crippen molar-refractivity contribution >= 4 is 0 Å². The molecule has 0 saturated carbocycles. The highest BCUT2D eigenvalue weighted by Crippen LogP contribution is 2.31. The number of benzene rings is 2. The van der Waals surface area contributed by atoms with E-state index >= 15 is 0 Å².